The quantitative estimate of drug-likeness (QED) is 0.692. The van der Waals surface area contributed by atoms with Crippen LogP contribution < -0.4 is 0 Å². The van der Waals surface area contributed by atoms with Crippen LogP contribution in [0, 0.1) is 0 Å². The minimum atomic E-state index is -0.352. The van der Waals surface area contributed by atoms with Gasteiger partial charge in [0.1, 0.15) is 0 Å². The van der Waals surface area contributed by atoms with Gasteiger partial charge in [-0.05, 0) is 6.42 Å². The summed E-state index contributed by atoms with van der Waals surface area (Å²) in [5, 5.41) is 0.0223. The third-order valence-corrected chi connectivity index (χ3v) is 2.51. The van der Waals surface area contributed by atoms with Crippen LogP contribution in [0.5, 0.6) is 0 Å². The van der Waals surface area contributed by atoms with Crippen LogP contribution in [0.15, 0.2) is 30.3 Å². The van der Waals surface area contributed by atoms with Crippen molar-refractivity contribution in [1.82, 2.24) is 0 Å². The molecule has 0 aliphatic heterocycles. The minimum Gasteiger partial charge on any atom is -0.282 e. The van der Waals surface area contributed by atoms with Gasteiger partial charge < -0.3 is 0 Å². The summed E-state index contributed by atoms with van der Waals surface area (Å²) in [4.78, 5) is 11.4. The molecule has 0 saturated heterocycles. The van der Waals surface area contributed by atoms with Gasteiger partial charge in [-0.15, -0.1) is 0 Å². The maximum absolute atomic E-state index is 11.7. The Morgan fingerprint density at radius 3 is 2.62 bits per heavy atom. The van der Waals surface area contributed by atoms with E-state index in [4.69, 9.17) is 0 Å². The van der Waals surface area contributed by atoms with E-state index >= 15 is 0 Å². The number of alkyl halides is 1. The van der Waals surface area contributed by atoms with Crippen molar-refractivity contribution in [3.05, 3.63) is 35.9 Å². The van der Waals surface area contributed by atoms with E-state index in [0.717, 1.165) is 0 Å². The first kappa shape index (κ1) is 10.3. The summed E-state index contributed by atoms with van der Waals surface area (Å²) in [6.07, 6.45) is 0.448. The number of hydrogen-bond acceptors (Lipinski definition) is 2. The van der Waals surface area contributed by atoms with E-state index in [1.165, 1.54) is 11.8 Å². The smallest absolute Gasteiger partial charge is 0.219 e. The van der Waals surface area contributed by atoms with Gasteiger partial charge in [-0.25, -0.2) is 0 Å². The normalized spacial score (nSPS) is 9.92. The lowest BCUT2D eigenvalue weighted by Gasteiger charge is -1.98. The molecule has 0 aromatic heterocycles. The van der Waals surface area contributed by atoms with Gasteiger partial charge >= 0.3 is 0 Å². The Kier molecular flexibility index (Phi) is 4.54. The Bertz CT molecular complexity index is 261. The van der Waals surface area contributed by atoms with Crippen LogP contribution in [0.25, 0.3) is 0 Å². The van der Waals surface area contributed by atoms with Crippen LogP contribution in [0.3, 0.4) is 0 Å². The third-order valence-electron chi connectivity index (χ3n) is 1.52. The second-order valence-corrected chi connectivity index (χ2v) is 3.61. The molecule has 0 heterocycles. The van der Waals surface area contributed by atoms with Gasteiger partial charge in [-0.2, -0.15) is 0 Å². The van der Waals surface area contributed by atoms with Crippen LogP contribution in [0.1, 0.15) is 16.8 Å². The Morgan fingerprint density at radius 1 is 1.31 bits per heavy atom. The molecule has 1 nitrogen and oxygen atoms in total. The molecule has 0 N–H and O–H groups in total. The molecule has 0 spiro atoms. The molecule has 0 saturated carbocycles. The maximum Gasteiger partial charge on any atom is 0.219 e. The van der Waals surface area contributed by atoms with Crippen molar-refractivity contribution in [1.29, 1.82) is 0 Å². The van der Waals surface area contributed by atoms with Crippen molar-refractivity contribution in [3.63, 3.8) is 0 Å². The zero-order valence-corrected chi connectivity index (χ0v) is 8.02. The van der Waals surface area contributed by atoms with Crippen molar-refractivity contribution in [2.75, 3.05) is 12.4 Å². The van der Waals surface area contributed by atoms with Gasteiger partial charge in [-0.3, -0.25) is 9.18 Å². The van der Waals surface area contributed by atoms with E-state index in [0.29, 0.717) is 17.7 Å². The van der Waals surface area contributed by atoms with Gasteiger partial charge in [0.25, 0.3) is 0 Å². The predicted molar refractivity (Wildman–Crippen MR) is 53.8 cm³/mol. The van der Waals surface area contributed by atoms with Gasteiger partial charge in [-0.1, -0.05) is 42.1 Å². The number of thioether (sulfide) groups is 1. The van der Waals surface area contributed by atoms with E-state index in [9.17, 15) is 9.18 Å². The Labute approximate surface area is 81.3 Å². The molecule has 0 aliphatic rings. The topological polar surface area (TPSA) is 17.1 Å². The zero-order chi connectivity index (χ0) is 9.52. The highest BCUT2D eigenvalue weighted by molar-refractivity contribution is 8.14. The van der Waals surface area contributed by atoms with Crippen molar-refractivity contribution in [2.45, 2.75) is 6.42 Å². The van der Waals surface area contributed by atoms with E-state index < -0.39 is 0 Å². The predicted octanol–water partition coefficient (Wildman–Crippen LogP) is 2.92. The summed E-state index contributed by atoms with van der Waals surface area (Å²) in [6.45, 7) is -0.352. The lowest BCUT2D eigenvalue weighted by Crippen LogP contribution is -1.94. The van der Waals surface area contributed by atoms with Crippen LogP contribution in [0.4, 0.5) is 4.39 Å². The molecular weight excluding hydrogens is 187 g/mol. The van der Waals surface area contributed by atoms with Gasteiger partial charge in [0, 0.05) is 11.3 Å². The molecule has 0 radical (unpaired) electrons. The number of carbonyl (C=O) groups is 1. The van der Waals surface area contributed by atoms with Gasteiger partial charge in [0.2, 0.25) is 5.12 Å². The summed E-state index contributed by atoms with van der Waals surface area (Å²) in [5.74, 6) is 0.560. The number of carbonyl (C=O) groups excluding carboxylic acids is 1. The standard InChI is InChI=1S/C10H11FOS/c11-7-4-8-13-10(12)9-5-2-1-3-6-9/h1-3,5-6H,4,7-8H2. The summed E-state index contributed by atoms with van der Waals surface area (Å²) >= 11 is 1.18. The zero-order valence-electron chi connectivity index (χ0n) is 7.20. The van der Waals surface area contributed by atoms with Crippen molar-refractivity contribution in [3.8, 4) is 0 Å². The SMILES string of the molecule is O=C(SCCCF)c1ccccc1. The number of hydrogen-bond donors (Lipinski definition) is 0. The van der Waals surface area contributed by atoms with Crippen LogP contribution in [0.2, 0.25) is 0 Å². The first-order chi connectivity index (χ1) is 6.34. The second-order valence-electron chi connectivity index (χ2n) is 2.54. The fourth-order valence-electron chi connectivity index (χ4n) is 0.877. The second kappa shape index (κ2) is 5.75. The van der Waals surface area contributed by atoms with Crippen molar-refractivity contribution >= 4 is 16.9 Å². The number of benzene rings is 1. The summed E-state index contributed by atoms with van der Waals surface area (Å²) < 4.78 is 11.7. The summed E-state index contributed by atoms with van der Waals surface area (Å²) in [5.41, 5.74) is 0.686. The summed E-state index contributed by atoms with van der Waals surface area (Å²) in [7, 11) is 0. The molecule has 1 aromatic carbocycles. The Hall–Kier alpha value is -0.830. The fourth-order valence-corrected chi connectivity index (χ4v) is 1.62. The molecule has 0 bridgehead atoms. The van der Waals surface area contributed by atoms with Gasteiger partial charge in [0.15, 0.2) is 0 Å². The molecule has 0 amide bonds. The molecule has 0 aliphatic carbocycles. The minimum absolute atomic E-state index is 0.0223. The highest BCUT2D eigenvalue weighted by Crippen LogP contribution is 2.12. The van der Waals surface area contributed by atoms with Crippen LogP contribution in [-0.4, -0.2) is 17.5 Å². The van der Waals surface area contributed by atoms with E-state index in [-0.39, 0.29) is 11.8 Å². The molecule has 0 fully saturated rings. The van der Waals surface area contributed by atoms with E-state index in [1.54, 1.807) is 12.1 Å². The molecule has 1 rings (SSSR count). The first-order valence-corrected chi connectivity index (χ1v) is 5.11. The van der Waals surface area contributed by atoms with Gasteiger partial charge in [0.05, 0.1) is 6.67 Å². The van der Waals surface area contributed by atoms with Crippen LogP contribution >= 0.6 is 11.8 Å². The third kappa shape index (κ3) is 3.59. The molecular formula is C10H11FOS. The molecule has 3 heteroatoms. The molecule has 1 aromatic rings. The number of halogens is 1. The molecule has 13 heavy (non-hydrogen) atoms. The van der Waals surface area contributed by atoms with E-state index in [1.807, 2.05) is 18.2 Å². The molecule has 70 valence electrons. The average molecular weight is 198 g/mol. The Morgan fingerprint density at radius 2 is 2.00 bits per heavy atom. The Balaban J connectivity index is 2.40. The van der Waals surface area contributed by atoms with Crippen molar-refractivity contribution in [2.24, 2.45) is 0 Å². The largest absolute Gasteiger partial charge is 0.282 e. The lowest BCUT2D eigenvalue weighted by molar-refractivity contribution is 0.108. The molecule has 0 unspecified atom stereocenters. The average Bonchev–Trinajstić information content (AvgIpc) is 2.19. The lowest BCUT2D eigenvalue weighted by atomic mass is 10.2. The summed E-state index contributed by atoms with van der Waals surface area (Å²) in [6, 6.07) is 9.05. The molecule has 0 atom stereocenters. The monoisotopic (exact) mass is 198 g/mol. The van der Waals surface area contributed by atoms with E-state index in [2.05, 4.69) is 0 Å². The highest BCUT2D eigenvalue weighted by atomic mass is 32.2. The van der Waals surface area contributed by atoms with Crippen LogP contribution in [-0.2, 0) is 0 Å². The fraction of sp³-hybridized carbons (Fsp3) is 0.300. The van der Waals surface area contributed by atoms with Crippen molar-refractivity contribution < 1.29 is 9.18 Å². The highest BCUT2D eigenvalue weighted by Gasteiger charge is 2.04. The number of rotatable bonds is 4. The maximum atomic E-state index is 11.7. The first-order valence-electron chi connectivity index (χ1n) is 4.12.